The molecule has 0 saturated heterocycles. The minimum Gasteiger partial charge on any atom is -0.497 e. The Morgan fingerprint density at radius 3 is 2.80 bits per heavy atom. The molecule has 0 bridgehead atoms. The molecule has 0 spiro atoms. The summed E-state index contributed by atoms with van der Waals surface area (Å²) in [5, 5.41) is 4.30. The van der Waals surface area contributed by atoms with Crippen molar-refractivity contribution in [3.8, 4) is 5.75 Å². The number of fused-ring (bicyclic) bond motifs is 2. The van der Waals surface area contributed by atoms with Crippen LogP contribution in [0.4, 0.5) is 0 Å². The Bertz CT molecular complexity index is 1250. The number of nitrogens with zero attached hydrogens (tertiary/aromatic N) is 3. The molecule has 0 aliphatic heterocycles. The number of methoxy groups -OCH3 is 1. The average molecular weight is 402 g/mol. The maximum Gasteiger partial charge on any atom is 0.251 e. The minimum atomic E-state index is -0.0665. The summed E-state index contributed by atoms with van der Waals surface area (Å²) in [5.41, 5.74) is 4.98. The van der Waals surface area contributed by atoms with Crippen molar-refractivity contribution in [1.29, 1.82) is 0 Å². The van der Waals surface area contributed by atoms with Crippen molar-refractivity contribution in [2.75, 3.05) is 7.11 Å². The molecule has 6 heteroatoms. The largest absolute Gasteiger partial charge is 0.497 e. The maximum atomic E-state index is 12.8. The SMILES string of the molecule is COc1ccc2c(c1)c(CC(C)NC(=O)c1ccc3c(c1)ncn3C1CC1)cn2C. The quantitative estimate of drug-likeness (QED) is 0.525. The van der Waals surface area contributed by atoms with Gasteiger partial charge in [0.05, 0.1) is 24.5 Å². The van der Waals surface area contributed by atoms with Gasteiger partial charge in [0, 0.05) is 41.8 Å². The second kappa shape index (κ2) is 7.20. The summed E-state index contributed by atoms with van der Waals surface area (Å²) in [4.78, 5) is 17.3. The number of nitrogens with one attached hydrogen (secondary N) is 1. The van der Waals surface area contributed by atoms with Crippen LogP contribution in [0.1, 0.15) is 41.7 Å². The third kappa shape index (κ3) is 3.32. The van der Waals surface area contributed by atoms with Gasteiger partial charge in [-0.25, -0.2) is 4.98 Å². The van der Waals surface area contributed by atoms with Gasteiger partial charge in [0.25, 0.3) is 5.91 Å². The molecule has 154 valence electrons. The lowest BCUT2D eigenvalue weighted by Crippen LogP contribution is -2.34. The fourth-order valence-corrected chi connectivity index (χ4v) is 4.25. The lowest BCUT2D eigenvalue weighted by atomic mass is 10.1. The Hall–Kier alpha value is -3.28. The molecular formula is C24H26N4O2. The standard InChI is InChI=1S/C24H26N4O2/c1-15(10-17-13-27(2)22-9-7-19(30-3)12-20(17)22)26-24(29)16-4-8-23-21(11-16)25-14-28(23)18-5-6-18/h4,7-9,11-15,18H,5-6,10H2,1-3H3,(H,26,29). The highest BCUT2D eigenvalue weighted by Crippen LogP contribution is 2.37. The molecule has 0 radical (unpaired) electrons. The van der Waals surface area contributed by atoms with E-state index in [1.165, 1.54) is 18.4 Å². The van der Waals surface area contributed by atoms with Crippen molar-refractivity contribution in [1.82, 2.24) is 19.4 Å². The first-order valence-electron chi connectivity index (χ1n) is 10.4. The fourth-order valence-electron chi connectivity index (χ4n) is 4.25. The van der Waals surface area contributed by atoms with Gasteiger partial charge in [-0.3, -0.25) is 4.79 Å². The van der Waals surface area contributed by atoms with Gasteiger partial charge in [0.2, 0.25) is 0 Å². The van der Waals surface area contributed by atoms with Crippen LogP contribution in [0.15, 0.2) is 48.9 Å². The Kier molecular flexibility index (Phi) is 4.50. The number of amides is 1. The number of aryl methyl sites for hydroxylation is 1. The second-order valence-corrected chi connectivity index (χ2v) is 8.31. The lowest BCUT2D eigenvalue weighted by Gasteiger charge is -2.14. The van der Waals surface area contributed by atoms with E-state index in [2.05, 4.69) is 37.8 Å². The second-order valence-electron chi connectivity index (χ2n) is 8.31. The van der Waals surface area contributed by atoms with Crippen molar-refractivity contribution in [2.45, 2.75) is 38.3 Å². The molecule has 6 nitrogen and oxygen atoms in total. The zero-order chi connectivity index (χ0) is 20.8. The molecule has 1 amide bonds. The molecule has 5 rings (SSSR count). The van der Waals surface area contributed by atoms with Crippen molar-refractivity contribution >= 4 is 27.8 Å². The normalized spacial score (nSPS) is 14.9. The number of aromatic nitrogens is 3. The van der Waals surface area contributed by atoms with Crippen LogP contribution in [0.25, 0.3) is 21.9 Å². The number of hydrogen-bond acceptors (Lipinski definition) is 3. The molecule has 1 aliphatic rings. The number of benzene rings is 2. The highest BCUT2D eigenvalue weighted by atomic mass is 16.5. The van der Waals surface area contributed by atoms with Crippen LogP contribution >= 0.6 is 0 Å². The first kappa shape index (κ1) is 18.7. The predicted molar refractivity (Wildman–Crippen MR) is 118 cm³/mol. The van der Waals surface area contributed by atoms with E-state index in [1.54, 1.807) is 7.11 Å². The molecule has 4 aromatic rings. The van der Waals surface area contributed by atoms with Crippen LogP contribution in [0, 0.1) is 0 Å². The first-order valence-corrected chi connectivity index (χ1v) is 10.4. The number of rotatable bonds is 6. The van der Waals surface area contributed by atoms with Gasteiger partial charge in [-0.15, -0.1) is 0 Å². The van der Waals surface area contributed by atoms with E-state index in [0.29, 0.717) is 11.6 Å². The van der Waals surface area contributed by atoms with E-state index in [4.69, 9.17) is 4.74 Å². The van der Waals surface area contributed by atoms with Crippen molar-refractivity contribution in [2.24, 2.45) is 7.05 Å². The summed E-state index contributed by atoms with van der Waals surface area (Å²) in [6.07, 6.45) is 7.19. The molecular weight excluding hydrogens is 376 g/mol. The summed E-state index contributed by atoms with van der Waals surface area (Å²) in [6, 6.07) is 12.5. The number of carbonyl (C=O) groups excluding carboxylic acids is 1. The van der Waals surface area contributed by atoms with Gasteiger partial charge in [0.15, 0.2) is 0 Å². The predicted octanol–water partition coefficient (Wildman–Crippen LogP) is 4.23. The number of carbonyl (C=O) groups is 1. The topological polar surface area (TPSA) is 61.1 Å². The van der Waals surface area contributed by atoms with Crippen LogP contribution in [0.5, 0.6) is 5.75 Å². The molecule has 1 unspecified atom stereocenters. The Morgan fingerprint density at radius 2 is 2.03 bits per heavy atom. The number of ether oxygens (including phenoxy) is 1. The van der Waals surface area contributed by atoms with Crippen molar-refractivity contribution < 1.29 is 9.53 Å². The average Bonchev–Trinajstić information content (AvgIpc) is 3.43. The molecule has 30 heavy (non-hydrogen) atoms. The van der Waals surface area contributed by atoms with Crippen LogP contribution in [0.3, 0.4) is 0 Å². The van der Waals surface area contributed by atoms with Crippen LogP contribution < -0.4 is 10.1 Å². The molecule has 2 aromatic heterocycles. The Morgan fingerprint density at radius 1 is 1.23 bits per heavy atom. The molecule has 1 atom stereocenters. The van der Waals surface area contributed by atoms with Gasteiger partial charge < -0.3 is 19.2 Å². The van der Waals surface area contributed by atoms with Crippen molar-refractivity contribution in [3.05, 3.63) is 60.0 Å². The summed E-state index contributed by atoms with van der Waals surface area (Å²) in [6.45, 7) is 2.04. The highest BCUT2D eigenvalue weighted by Gasteiger charge is 2.25. The zero-order valence-corrected chi connectivity index (χ0v) is 17.6. The van der Waals surface area contributed by atoms with Gasteiger partial charge in [0.1, 0.15) is 5.75 Å². The van der Waals surface area contributed by atoms with Gasteiger partial charge >= 0.3 is 0 Å². The summed E-state index contributed by atoms with van der Waals surface area (Å²) in [5.74, 6) is 0.772. The van der Waals surface area contributed by atoms with E-state index in [-0.39, 0.29) is 11.9 Å². The van der Waals surface area contributed by atoms with Crippen LogP contribution in [-0.4, -0.2) is 33.2 Å². The van der Waals surface area contributed by atoms with Gasteiger partial charge in [-0.05, 0) is 68.1 Å². The summed E-state index contributed by atoms with van der Waals surface area (Å²) in [7, 11) is 3.72. The summed E-state index contributed by atoms with van der Waals surface area (Å²) < 4.78 is 9.71. The fraction of sp³-hybridized carbons (Fsp3) is 0.333. The van der Waals surface area contributed by atoms with Crippen LogP contribution in [-0.2, 0) is 13.5 Å². The maximum absolute atomic E-state index is 12.8. The summed E-state index contributed by atoms with van der Waals surface area (Å²) >= 11 is 0. The lowest BCUT2D eigenvalue weighted by molar-refractivity contribution is 0.0940. The molecule has 1 fully saturated rings. The van der Waals surface area contributed by atoms with E-state index in [0.717, 1.165) is 34.1 Å². The van der Waals surface area contributed by atoms with Crippen LogP contribution in [0.2, 0.25) is 0 Å². The number of imidazole rings is 1. The monoisotopic (exact) mass is 402 g/mol. The third-order valence-electron chi connectivity index (χ3n) is 5.96. The Balaban J connectivity index is 1.33. The van der Waals surface area contributed by atoms with E-state index < -0.39 is 0 Å². The van der Waals surface area contributed by atoms with Crippen molar-refractivity contribution in [3.63, 3.8) is 0 Å². The molecule has 2 heterocycles. The van der Waals surface area contributed by atoms with E-state index in [9.17, 15) is 4.79 Å². The van der Waals surface area contributed by atoms with Gasteiger partial charge in [-0.2, -0.15) is 0 Å². The number of hydrogen-bond donors (Lipinski definition) is 1. The first-order chi connectivity index (χ1) is 14.5. The molecule has 1 saturated carbocycles. The van der Waals surface area contributed by atoms with E-state index >= 15 is 0 Å². The highest BCUT2D eigenvalue weighted by molar-refractivity contribution is 5.97. The third-order valence-corrected chi connectivity index (χ3v) is 5.96. The van der Waals surface area contributed by atoms with Gasteiger partial charge in [-0.1, -0.05) is 0 Å². The molecule has 1 N–H and O–H groups in total. The molecule has 1 aliphatic carbocycles. The zero-order valence-electron chi connectivity index (χ0n) is 17.6. The minimum absolute atomic E-state index is 0.00554. The smallest absolute Gasteiger partial charge is 0.251 e. The van der Waals surface area contributed by atoms with E-state index in [1.807, 2.05) is 44.6 Å². The molecule has 2 aromatic carbocycles. The Labute approximate surface area is 175 Å².